The number of hydrogen-bond donors (Lipinski definition) is 2. The van der Waals surface area contributed by atoms with Crippen LogP contribution in [0.4, 0.5) is 0 Å². The van der Waals surface area contributed by atoms with Gasteiger partial charge in [0.2, 0.25) is 0 Å². The number of furan rings is 1. The van der Waals surface area contributed by atoms with Crippen LogP contribution in [-0.4, -0.2) is 12.1 Å². The molecule has 78 valence electrons. The van der Waals surface area contributed by atoms with Crippen LogP contribution in [0.3, 0.4) is 0 Å². The lowest BCUT2D eigenvalue weighted by Crippen LogP contribution is -2.46. The van der Waals surface area contributed by atoms with Crippen LogP contribution in [0.25, 0.3) is 0 Å². The normalized spacial score (nSPS) is 20.1. The molecular formula is C11H18N2O. The lowest BCUT2D eigenvalue weighted by Gasteiger charge is -2.23. The highest BCUT2D eigenvalue weighted by Gasteiger charge is 2.28. The molecule has 1 aromatic rings. The Labute approximate surface area is 84.7 Å². The maximum absolute atomic E-state index is 6.21. The molecule has 1 aromatic heterocycles. The molecular weight excluding hydrogens is 176 g/mol. The molecule has 0 bridgehead atoms. The van der Waals surface area contributed by atoms with Gasteiger partial charge in [-0.2, -0.15) is 0 Å². The van der Waals surface area contributed by atoms with Gasteiger partial charge in [0.05, 0.1) is 12.8 Å². The summed E-state index contributed by atoms with van der Waals surface area (Å²) in [4.78, 5) is 0. The first-order valence-electron chi connectivity index (χ1n) is 5.31. The first-order valence-corrected chi connectivity index (χ1v) is 5.31. The van der Waals surface area contributed by atoms with Crippen molar-refractivity contribution < 1.29 is 4.42 Å². The van der Waals surface area contributed by atoms with Crippen LogP contribution >= 0.6 is 0 Å². The van der Waals surface area contributed by atoms with Crippen molar-refractivity contribution in [2.45, 2.75) is 37.8 Å². The Balaban J connectivity index is 1.72. The summed E-state index contributed by atoms with van der Waals surface area (Å²) in [6, 6.07) is 3.88. The van der Waals surface area contributed by atoms with Crippen molar-refractivity contribution in [1.82, 2.24) is 5.32 Å². The van der Waals surface area contributed by atoms with Gasteiger partial charge in [0.1, 0.15) is 5.76 Å². The molecule has 0 aliphatic heterocycles. The molecule has 0 aromatic carbocycles. The summed E-state index contributed by atoms with van der Waals surface area (Å²) < 4.78 is 5.23. The highest BCUT2D eigenvalue weighted by atomic mass is 16.3. The van der Waals surface area contributed by atoms with Gasteiger partial charge in [0.15, 0.2) is 0 Å². The Morgan fingerprint density at radius 2 is 2.21 bits per heavy atom. The second-order valence-corrected chi connectivity index (χ2v) is 4.25. The van der Waals surface area contributed by atoms with E-state index in [2.05, 4.69) is 5.32 Å². The molecule has 0 atom stereocenters. The predicted molar refractivity (Wildman–Crippen MR) is 55.8 cm³/mol. The molecule has 3 N–H and O–H groups in total. The Morgan fingerprint density at radius 3 is 2.86 bits per heavy atom. The van der Waals surface area contributed by atoms with Crippen molar-refractivity contribution in [3.05, 3.63) is 24.2 Å². The highest BCUT2D eigenvalue weighted by molar-refractivity contribution is 4.98. The summed E-state index contributed by atoms with van der Waals surface area (Å²) >= 11 is 0. The molecule has 0 unspecified atom stereocenters. The lowest BCUT2D eigenvalue weighted by atomic mass is 9.99. The van der Waals surface area contributed by atoms with Crippen molar-refractivity contribution in [3.63, 3.8) is 0 Å². The summed E-state index contributed by atoms with van der Waals surface area (Å²) in [5.74, 6) is 0.978. The molecule has 2 rings (SSSR count). The fraction of sp³-hybridized carbons (Fsp3) is 0.636. The zero-order chi connectivity index (χ0) is 9.86. The third-order valence-corrected chi connectivity index (χ3v) is 2.96. The highest BCUT2D eigenvalue weighted by Crippen LogP contribution is 2.26. The molecule has 0 radical (unpaired) electrons. The minimum Gasteiger partial charge on any atom is -0.468 e. The summed E-state index contributed by atoms with van der Waals surface area (Å²) in [5, 5.41) is 3.35. The molecule has 1 aliphatic carbocycles. The Bertz CT molecular complexity index is 263. The van der Waals surface area contributed by atoms with Gasteiger partial charge in [0, 0.05) is 12.1 Å². The van der Waals surface area contributed by atoms with E-state index in [9.17, 15) is 0 Å². The second-order valence-electron chi connectivity index (χ2n) is 4.25. The summed E-state index contributed by atoms with van der Waals surface area (Å²) in [6.07, 6.45) is 6.55. The van der Waals surface area contributed by atoms with E-state index in [0.717, 1.165) is 31.7 Å². The third-order valence-electron chi connectivity index (χ3n) is 2.96. The fourth-order valence-electron chi connectivity index (χ4n) is 2.10. The van der Waals surface area contributed by atoms with E-state index < -0.39 is 0 Å². The summed E-state index contributed by atoms with van der Waals surface area (Å²) in [6.45, 7) is 1.68. The van der Waals surface area contributed by atoms with Gasteiger partial charge in [-0.15, -0.1) is 0 Å². The molecule has 1 heterocycles. The van der Waals surface area contributed by atoms with Crippen molar-refractivity contribution in [2.75, 3.05) is 6.54 Å². The van der Waals surface area contributed by atoms with Gasteiger partial charge in [0.25, 0.3) is 0 Å². The minimum atomic E-state index is 0.0343. The maximum Gasteiger partial charge on any atom is 0.117 e. The quantitative estimate of drug-likeness (QED) is 0.766. The van der Waals surface area contributed by atoms with Crippen LogP contribution in [0, 0.1) is 0 Å². The molecule has 0 spiro atoms. The van der Waals surface area contributed by atoms with E-state index in [1.165, 1.54) is 12.8 Å². The summed E-state index contributed by atoms with van der Waals surface area (Å²) in [7, 11) is 0. The van der Waals surface area contributed by atoms with E-state index >= 15 is 0 Å². The second kappa shape index (κ2) is 4.15. The van der Waals surface area contributed by atoms with Crippen molar-refractivity contribution in [3.8, 4) is 0 Å². The average Bonchev–Trinajstić information content (AvgIpc) is 2.77. The zero-order valence-corrected chi connectivity index (χ0v) is 8.46. The Kier molecular flexibility index (Phi) is 2.89. The first kappa shape index (κ1) is 9.74. The molecule has 0 amide bonds. The number of hydrogen-bond acceptors (Lipinski definition) is 3. The van der Waals surface area contributed by atoms with E-state index in [0.29, 0.717) is 0 Å². The first-order chi connectivity index (χ1) is 6.79. The van der Waals surface area contributed by atoms with Gasteiger partial charge in [-0.3, -0.25) is 0 Å². The number of nitrogens with one attached hydrogen (secondary N) is 1. The van der Waals surface area contributed by atoms with Crippen molar-refractivity contribution in [1.29, 1.82) is 0 Å². The lowest BCUT2D eigenvalue weighted by molar-refractivity contribution is 0.389. The van der Waals surface area contributed by atoms with Crippen molar-refractivity contribution in [2.24, 2.45) is 5.73 Å². The van der Waals surface area contributed by atoms with E-state index in [1.54, 1.807) is 6.26 Å². The standard InChI is InChI=1S/C11H18N2O/c12-11(5-1-2-6-11)9-13-8-10-4-3-7-14-10/h3-4,7,13H,1-2,5-6,8-9,12H2. The van der Waals surface area contributed by atoms with Crippen molar-refractivity contribution >= 4 is 0 Å². The number of nitrogens with two attached hydrogens (primary N) is 1. The largest absolute Gasteiger partial charge is 0.468 e. The smallest absolute Gasteiger partial charge is 0.117 e. The number of rotatable bonds is 4. The fourth-order valence-corrected chi connectivity index (χ4v) is 2.10. The average molecular weight is 194 g/mol. The zero-order valence-electron chi connectivity index (χ0n) is 8.46. The van der Waals surface area contributed by atoms with Gasteiger partial charge < -0.3 is 15.5 Å². The van der Waals surface area contributed by atoms with Gasteiger partial charge in [-0.25, -0.2) is 0 Å². The van der Waals surface area contributed by atoms with E-state index in [4.69, 9.17) is 10.2 Å². The molecule has 1 fully saturated rings. The maximum atomic E-state index is 6.21. The molecule has 3 nitrogen and oxygen atoms in total. The van der Waals surface area contributed by atoms with E-state index in [-0.39, 0.29) is 5.54 Å². The van der Waals surface area contributed by atoms with Crippen LogP contribution in [-0.2, 0) is 6.54 Å². The summed E-state index contributed by atoms with van der Waals surface area (Å²) in [5.41, 5.74) is 6.24. The van der Waals surface area contributed by atoms with Crippen LogP contribution < -0.4 is 11.1 Å². The minimum absolute atomic E-state index is 0.0343. The topological polar surface area (TPSA) is 51.2 Å². The van der Waals surface area contributed by atoms with Crippen LogP contribution in [0.1, 0.15) is 31.4 Å². The molecule has 0 saturated heterocycles. The Hall–Kier alpha value is -0.800. The monoisotopic (exact) mass is 194 g/mol. The van der Waals surface area contributed by atoms with Gasteiger partial charge >= 0.3 is 0 Å². The van der Waals surface area contributed by atoms with Crippen LogP contribution in [0.15, 0.2) is 22.8 Å². The van der Waals surface area contributed by atoms with Crippen LogP contribution in [0.2, 0.25) is 0 Å². The SMILES string of the molecule is NC1(CNCc2ccco2)CCCC1. The van der Waals surface area contributed by atoms with Gasteiger partial charge in [-0.1, -0.05) is 12.8 Å². The van der Waals surface area contributed by atoms with E-state index in [1.807, 2.05) is 12.1 Å². The Morgan fingerprint density at radius 1 is 1.43 bits per heavy atom. The molecule has 3 heteroatoms. The van der Waals surface area contributed by atoms with Gasteiger partial charge in [-0.05, 0) is 25.0 Å². The molecule has 14 heavy (non-hydrogen) atoms. The molecule has 1 saturated carbocycles. The third kappa shape index (κ3) is 2.36. The molecule has 1 aliphatic rings. The van der Waals surface area contributed by atoms with Crippen LogP contribution in [0.5, 0.6) is 0 Å². The predicted octanol–water partition coefficient (Wildman–Crippen LogP) is 1.64.